The Morgan fingerprint density at radius 3 is 3.11 bits per heavy atom. The summed E-state index contributed by atoms with van der Waals surface area (Å²) in [6.07, 6.45) is 0. The number of carbonyl (C=O) groups is 1. The van der Waals surface area contributed by atoms with Gasteiger partial charge in [0.2, 0.25) is 0 Å². The fraction of sp³-hybridized carbons (Fsp3) is 0.500. The van der Waals surface area contributed by atoms with Gasteiger partial charge in [-0.3, -0.25) is 4.79 Å². The summed E-state index contributed by atoms with van der Waals surface area (Å²) in [5.74, 6) is 6.45. The van der Waals surface area contributed by atoms with Crippen LogP contribution in [0.25, 0.3) is 0 Å². The van der Waals surface area contributed by atoms with E-state index in [4.69, 9.17) is 4.74 Å². The van der Waals surface area contributed by atoms with Crippen molar-refractivity contribution in [2.24, 2.45) is 0 Å². The molecule has 0 spiro atoms. The molecule has 18 heavy (non-hydrogen) atoms. The summed E-state index contributed by atoms with van der Waals surface area (Å²) in [6, 6.07) is 0. The Kier molecular flexibility index (Phi) is 5.05. The molecule has 6 heteroatoms. The fourth-order valence-corrected chi connectivity index (χ4v) is 2.64. The molecule has 1 aliphatic rings. The molecular weight excluding hydrogens is 268 g/mol. The van der Waals surface area contributed by atoms with Gasteiger partial charge in [0.1, 0.15) is 5.69 Å². The number of hydrogen-bond donors (Lipinski definition) is 0. The van der Waals surface area contributed by atoms with E-state index in [1.807, 2.05) is 5.38 Å². The van der Waals surface area contributed by atoms with Crippen LogP contribution in [0, 0.1) is 11.8 Å². The van der Waals surface area contributed by atoms with E-state index in [0.29, 0.717) is 5.75 Å². The van der Waals surface area contributed by atoms with Crippen molar-refractivity contribution in [3.8, 4) is 11.8 Å². The third-order valence-corrected chi connectivity index (χ3v) is 3.93. The number of ether oxygens (including phenoxy) is 1. The van der Waals surface area contributed by atoms with Gasteiger partial charge >= 0.3 is 0 Å². The summed E-state index contributed by atoms with van der Waals surface area (Å²) < 4.78 is 5.30. The third kappa shape index (κ3) is 4.02. The minimum atomic E-state index is 0.0941. The molecular formula is C12H14N2O2S2. The number of thioether (sulfide) groups is 1. The maximum absolute atomic E-state index is 10.7. The summed E-state index contributed by atoms with van der Waals surface area (Å²) in [7, 11) is 0. The Hall–Kier alpha value is -1.03. The smallest absolute Gasteiger partial charge is 0.186 e. The molecule has 0 saturated carbocycles. The lowest BCUT2D eigenvalue weighted by Gasteiger charge is -2.25. The monoisotopic (exact) mass is 282 g/mol. The first kappa shape index (κ1) is 13.4. The second kappa shape index (κ2) is 6.78. The summed E-state index contributed by atoms with van der Waals surface area (Å²) >= 11 is 2.82. The van der Waals surface area contributed by atoms with Crippen LogP contribution in [0.3, 0.4) is 0 Å². The van der Waals surface area contributed by atoms with Crippen molar-refractivity contribution in [3.63, 3.8) is 0 Å². The Bertz CT molecular complexity index is 470. The van der Waals surface area contributed by atoms with Gasteiger partial charge in [0.25, 0.3) is 0 Å². The van der Waals surface area contributed by atoms with Gasteiger partial charge < -0.3 is 9.64 Å². The Balaban J connectivity index is 1.90. The third-order valence-electron chi connectivity index (χ3n) is 2.34. The van der Waals surface area contributed by atoms with Crippen LogP contribution in [0.4, 0.5) is 5.13 Å². The van der Waals surface area contributed by atoms with Gasteiger partial charge in [0.15, 0.2) is 10.2 Å². The van der Waals surface area contributed by atoms with Gasteiger partial charge in [-0.05, 0) is 5.92 Å². The molecule has 1 aliphatic heterocycles. The number of anilines is 1. The molecule has 2 heterocycles. The molecule has 96 valence electrons. The van der Waals surface area contributed by atoms with E-state index >= 15 is 0 Å². The van der Waals surface area contributed by atoms with E-state index in [-0.39, 0.29) is 5.12 Å². The van der Waals surface area contributed by atoms with Crippen LogP contribution in [-0.2, 0) is 9.53 Å². The molecule has 2 rings (SSSR count). The maximum Gasteiger partial charge on any atom is 0.186 e. The molecule has 0 N–H and O–H groups in total. The summed E-state index contributed by atoms with van der Waals surface area (Å²) in [5.41, 5.74) is 0.783. The van der Waals surface area contributed by atoms with Gasteiger partial charge in [0, 0.05) is 25.4 Å². The van der Waals surface area contributed by atoms with Crippen LogP contribution in [0.1, 0.15) is 12.6 Å². The number of thiazole rings is 1. The molecule has 4 nitrogen and oxygen atoms in total. The lowest BCUT2D eigenvalue weighted by atomic mass is 10.4. The van der Waals surface area contributed by atoms with Crippen molar-refractivity contribution in [3.05, 3.63) is 11.1 Å². The SMILES string of the molecule is CC(=O)SCC#Cc1csc(N2CCOCC2)n1. The van der Waals surface area contributed by atoms with E-state index in [1.165, 1.54) is 11.8 Å². The predicted octanol–water partition coefficient (Wildman–Crippen LogP) is 1.61. The number of nitrogens with zero attached hydrogens (tertiary/aromatic N) is 2. The molecule has 0 amide bonds. The molecule has 1 aromatic heterocycles. The lowest BCUT2D eigenvalue weighted by molar-refractivity contribution is -0.109. The van der Waals surface area contributed by atoms with E-state index in [0.717, 1.165) is 37.1 Å². The Morgan fingerprint density at radius 2 is 2.39 bits per heavy atom. The van der Waals surface area contributed by atoms with Crippen LogP contribution >= 0.6 is 23.1 Å². The highest BCUT2D eigenvalue weighted by Gasteiger charge is 2.13. The van der Waals surface area contributed by atoms with Crippen molar-refractivity contribution in [1.29, 1.82) is 0 Å². The molecule has 0 aromatic carbocycles. The second-order valence-electron chi connectivity index (χ2n) is 3.70. The normalized spacial score (nSPS) is 15.1. The standard InChI is InChI=1S/C12H14N2O2S2/c1-10(15)17-8-2-3-11-9-18-12(13-11)14-4-6-16-7-5-14/h9H,4-8H2,1H3. The van der Waals surface area contributed by atoms with Crippen LogP contribution in [0.15, 0.2) is 5.38 Å². The second-order valence-corrected chi connectivity index (χ2v) is 5.69. The van der Waals surface area contributed by atoms with E-state index in [9.17, 15) is 4.79 Å². The highest BCUT2D eigenvalue weighted by molar-refractivity contribution is 8.13. The average molecular weight is 282 g/mol. The van der Waals surface area contributed by atoms with Gasteiger partial charge in [0.05, 0.1) is 19.0 Å². The van der Waals surface area contributed by atoms with Crippen molar-refractivity contribution in [1.82, 2.24) is 4.98 Å². The van der Waals surface area contributed by atoms with Crippen molar-refractivity contribution in [2.45, 2.75) is 6.92 Å². The van der Waals surface area contributed by atoms with Crippen LogP contribution in [-0.4, -0.2) is 42.2 Å². The molecule has 0 unspecified atom stereocenters. The highest BCUT2D eigenvalue weighted by atomic mass is 32.2. The first-order valence-corrected chi connectivity index (χ1v) is 7.52. The zero-order valence-corrected chi connectivity index (χ0v) is 11.8. The van der Waals surface area contributed by atoms with Crippen LogP contribution < -0.4 is 4.90 Å². The number of rotatable bonds is 2. The zero-order chi connectivity index (χ0) is 12.8. The Morgan fingerprint density at radius 1 is 1.61 bits per heavy atom. The minimum Gasteiger partial charge on any atom is -0.378 e. The zero-order valence-electron chi connectivity index (χ0n) is 10.1. The summed E-state index contributed by atoms with van der Waals surface area (Å²) in [6.45, 7) is 4.85. The first-order chi connectivity index (χ1) is 8.75. The van der Waals surface area contributed by atoms with Crippen molar-refractivity contribution < 1.29 is 9.53 Å². The van der Waals surface area contributed by atoms with Crippen LogP contribution in [0.5, 0.6) is 0 Å². The van der Waals surface area contributed by atoms with Crippen molar-refractivity contribution >= 4 is 33.3 Å². The highest BCUT2D eigenvalue weighted by Crippen LogP contribution is 2.20. The minimum absolute atomic E-state index is 0.0941. The molecule has 0 aliphatic carbocycles. The average Bonchev–Trinajstić information content (AvgIpc) is 2.84. The largest absolute Gasteiger partial charge is 0.378 e. The van der Waals surface area contributed by atoms with E-state index in [2.05, 4.69) is 21.7 Å². The number of hydrogen-bond acceptors (Lipinski definition) is 6. The summed E-state index contributed by atoms with van der Waals surface area (Å²) in [4.78, 5) is 17.4. The number of carbonyl (C=O) groups excluding carboxylic acids is 1. The fourth-order valence-electron chi connectivity index (χ4n) is 1.49. The quantitative estimate of drug-likeness (QED) is 0.771. The topological polar surface area (TPSA) is 42.4 Å². The van der Waals surface area contributed by atoms with Gasteiger partial charge in [-0.15, -0.1) is 11.3 Å². The first-order valence-electron chi connectivity index (χ1n) is 5.66. The molecule has 0 atom stereocenters. The molecule has 0 bridgehead atoms. The molecule has 0 radical (unpaired) electrons. The predicted molar refractivity (Wildman–Crippen MR) is 75.2 cm³/mol. The maximum atomic E-state index is 10.7. The number of morpholine rings is 1. The number of aromatic nitrogens is 1. The summed E-state index contributed by atoms with van der Waals surface area (Å²) in [5, 5.41) is 3.05. The van der Waals surface area contributed by atoms with E-state index < -0.39 is 0 Å². The van der Waals surface area contributed by atoms with Crippen LogP contribution in [0.2, 0.25) is 0 Å². The molecule has 1 fully saturated rings. The lowest BCUT2D eigenvalue weighted by Crippen LogP contribution is -2.36. The van der Waals surface area contributed by atoms with Gasteiger partial charge in [-0.1, -0.05) is 17.7 Å². The van der Waals surface area contributed by atoms with E-state index in [1.54, 1.807) is 18.3 Å². The van der Waals surface area contributed by atoms with Gasteiger partial charge in [-0.25, -0.2) is 4.98 Å². The van der Waals surface area contributed by atoms with Crippen molar-refractivity contribution in [2.75, 3.05) is 37.0 Å². The molecule has 1 saturated heterocycles. The Labute approximate surface area is 115 Å². The molecule has 1 aromatic rings. The van der Waals surface area contributed by atoms with Gasteiger partial charge in [-0.2, -0.15) is 0 Å².